The van der Waals surface area contributed by atoms with Crippen LogP contribution in [0.2, 0.25) is 0 Å². The topological polar surface area (TPSA) is 36.1 Å². The third kappa shape index (κ3) is 2.06. The molecule has 0 saturated carbocycles. The largest absolute Gasteiger partial charge is 0.354 e. The Morgan fingerprint density at radius 2 is 1.67 bits per heavy atom. The molecule has 1 heterocycles. The highest BCUT2D eigenvalue weighted by molar-refractivity contribution is 5.94. The Kier molecular flexibility index (Phi) is 3.56. The van der Waals surface area contributed by atoms with Crippen molar-refractivity contribution in [2.45, 2.75) is 34.6 Å². The number of rotatable bonds is 3. The molecule has 0 fully saturated rings. The average Bonchev–Trinajstić information content (AvgIpc) is 2.47. The predicted octanol–water partition coefficient (Wildman–Crippen LogP) is 2.42. The molecule has 0 aliphatic rings. The number of nitrogens with one attached hydrogen (secondary N) is 1. The molecule has 0 bridgehead atoms. The molecule has 0 radical (unpaired) electrons. The summed E-state index contributed by atoms with van der Waals surface area (Å²) >= 11 is 0. The van der Waals surface area contributed by atoms with Gasteiger partial charge in [0.05, 0.1) is 0 Å². The zero-order valence-electron chi connectivity index (χ0n) is 10.3. The van der Waals surface area contributed by atoms with Crippen LogP contribution in [-0.2, 0) is 0 Å². The molecular formula is C12H20N2O. The van der Waals surface area contributed by atoms with Gasteiger partial charge in [0.2, 0.25) is 0 Å². The number of amides is 1. The van der Waals surface area contributed by atoms with Crippen molar-refractivity contribution in [2.75, 3.05) is 13.1 Å². The van der Waals surface area contributed by atoms with Gasteiger partial charge in [0.25, 0.3) is 5.91 Å². The highest BCUT2D eigenvalue weighted by Crippen LogP contribution is 2.17. The maximum atomic E-state index is 12.1. The molecule has 3 heteroatoms. The van der Waals surface area contributed by atoms with Crippen LogP contribution in [0.15, 0.2) is 0 Å². The fraction of sp³-hybridized carbons (Fsp3) is 0.583. The summed E-state index contributed by atoms with van der Waals surface area (Å²) in [6.45, 7) is 11.5. The summed E-state index contributed by atoms with van der Waals surface area (Å²) in [6, 6.07) is 0. The molecule has 1 rings (SSSR count). The lowest BCUT2D eigenvalue weighted by Crippen LogP contribution is -2.31. The molecule has 15 heavy (non-hydrogen) atoms. The molecule has 1 N–H and O–H groups in total. The van der Waals surface area contributed by atoms with Crippen LogP contribution in [-0.4, -0.2) is 28.9 Å². The number of nitrogens with zero attached hydrogens (tertiary/aromatic N) is 1. The van der Waals surface area contributed by atoms with Crippen LogP contribution in [0.3, 0.4) is 0 Å². The number of aryl methyl sites for hydroxylation is 1. The summed E-state index contributed by atoms with van der Waals surface area (Å²) in [7, 11) is 0. The normalized spacial score (nSPS) is 10.5. The van der Waals surface area contributed by atoms with E-state index in [4.69, 9.17) is 0 Å². The van der Waals surface area contributed by atoms with Gasteiger partial charge in [-0.15, -0.1) is 0 Å². The Morgan fingerprint density at radius 1 is 1.13 bits per heavy atom. The SMILES string of the molecule is CCN(CC)C(=O)c1[nH]c(C)c(C)c1C. The van der Waals surface area contributed by atoms with E-state index in [1.807, 2.05) is 39.5 Å². The minimum Gasteiger partial charge on any atom is -0.354 e. The Balaban J connectivity index is 3.06. The van der Waals surface area contributed by atoms with E-state index >= 15 is 0 Å². The zero-order chi connectivity index (χ0) is 11.6. The highest BCUT2D eigenvalue weighted by atomic mass is 16.2. The second-order valence-corrected chi connectivity index (χ2v) is 3.85. The van der Waals surface area contributed by atoms with Crippen molar-refractivity contribution in [2.24, 2.45) is 0 Å². The monoisotopic (exact) mass is 208 g/mol. The first-order chi connectivity index (χ1) is 7.02. The van der Waals surface area contributed by atoms with Crippen molar-refractivity contribution in [1.29, 1.82) is 0 Å². The van der Waals surface area contributed by atoms with Gasteiger partial charge in [0.1, 0.15) is 5.69 Å². The van der Waals surface area contributed by atoms with Crippen molar-refractivity contribution in [3.63, 3.8) is 0 Å². The van der Waals surface area contributed by atoms with Crippen LogP contribution in [0.5, 0.6) is 0 Å². The lowest BCUT2D eigenvalue weighted by atomic mass is 10.1. The molecule has 0 aliphatic carbocycles. The Bertz CT molecular complexity index is 362. The standard InChI is InChI=1S/C12H20N2O/c1-6-14(7-2)12(15)11-9(4)8(3)10(5)13-11/h13H,6-7H2,1-5H3. The van der Waals surface area contributed by atoms with Gasteiger partial charge in [-0.25, -0.2) is 0 Å². The van der Waals surface area contributed by atoms with Crippen LogP contribution in [0.25, 0.3) is 0 Å². The maximum Gasteiger partial charge on any atom is 0.270 e. The second-order valence-electron chi connectivity index (χ2n) is 3.85. The minimum atomic E-state index is 0.105. The summed E-state index contributed by atoms with van der Waals surface area (Å²) in [5, 5.41) is 0. The number of aromatic amines is 1. The number of hydrogen-bond donors (Lipinski definition) is 1. The molecule has 0 atom stereocenters. The van der Waals surface area contributed by atoms with Crippen LogP contribution in [0.1, 0.15) is 41.2 Å². The molecule has 0 saturated heterocycles. The first-order valence-corrected chi connectivity index (χ1v) is 5.47. The number of H-pyrrole nitrogens is 1. The first-order valence-electron chi connectivity index (χ1n) is 5.47. The van der Waals surface area contributed by atoms with Gasteiger partial charge in [-0.1, -0.05) is 0 Å². The van der Waals surface area contributed by atoms with Crippen LogP contribution >= 0.6 is 0 Å². The van der Waals surface area contributed by atoms with E-state index < -0.39 is 0 Å². The third-order valence-electron chi connectivity index (χ3n) is 3.08. The van der Waals surface area contributed by atoms with E-state index in [2.05, 4.69) is 4.98 Å². The van der Waals surface area contributed by atoms with E-state index in [0.29, 0.717) is 0 Å². The molecule has 0 unspecified atom stereocenters. The van der Waals surface area contributed by atoms with E-state index in [1.54, 1.807) is 0 Å². The van der Waals surface area contributed by atoms with Crippen molar-refractivity contribution in [3.05, 3.63) is 22.5 Å². The molecule has 0 aliphatic heterocycles. The van der Waals surface area contributed by atoms with E-state index in [9.17, 15) is 4.79 Å². The fourth-order valence-corrected chi connectivity index (χ4v) is 1.73. The van der Waals surface area contributed by atoms with Crippen LogP contribution < -0.4 is 0 Å². The van der Waals surface area contributed by atoms with E-state index in [-0.39, 0.29) is 5.91 Å². The Morgan fingerprint density at radius 3 is 2.00 bits per heavy atom. The Hall–Kier alpha value is -1.25. The lowest BCUT2D eigenvalue weighted by molar-refractivity contribution is 0.0767. The fourth-order valence-electron chi connectivity index (χ4n) is 1.73. The summed E-state index contributed by atoms with van der Waals surface area (Å²) in [5.74, 6) is 0.105. The summed E-state index contributed by atoms with van der Waals surface area (Å²) < 4.78 is 0. The van der Waals surface area contributed by atoms with Crippen LogP contribution in [0.4, 0.5) is 0 Å². The smallest absolute Gasteiger partial charge is 0.270 e. The summed E-state index contributed by atoms with van der Waals surface area (Å²) in [5.41, 5.74) is 4.09. The zero-order valence-corrected chi connectivity index (χ0v) is 10.3. The molecule has 1 amide bonds. The summed E-state index contributed by atoms with van der Waals surface area (Å²) in [6.07, 6.45) is 0. The molecule has 84 valence electrons. The quantitative estimate of drug-likeness (QED) is 0.813. The first kappa shape index (κ1) is 11.8. The van der Waals surface area contributed by atoms with Crippen molar-refractivity contribution >= 4 is 5.91 Å². The van der Waals surface area contributed by atoms with Gasteiger partial charge < -0.3 is 9.88 Å². The number of aromatic nitrogens is 1. The average molecular weight is 208 g/mol. The van der Waals surface area contributed by atoms with Crippen molar-refractivity contribution < 1.29 is 4.79 Å². The van der Waals surface area contributed by atoms with Gasteiger partial charge in [-0.3, -0.25) is 4.79 Å². The van der Waals surface area contributed by atoms with Gasteiger partial charge in [0.15, 0.2) is 0 Å². The van der Waals surface area contributed by atoms with Crippen molar-refractivity contribution in [3.8, 4) is 0 Å². The summed E-state index contributed by atoms with van der Waals surface area (Å²) in [4.78, 5) is 17.1. The van der Waals surface area contributed by atoms with Gasteiger partial charge in [-0.2, -0.15) is 0 Å². The minimum absolute atomic E-state index is 0.105. The molecule has 1 aromatic rings. The second kappa shape index (κ2) is 4.51. The van der Waals surface area contributed by atoms with E-state index in [1.165, 1.54) is 5.56 Å². The number of carbonyl (C=O) groups excluding carboxylic acids is 1. The predicted molar refractivity (Wildman–Crippen MR) is 62.3 cm³/mol. The Labute approximate surface area is 91.5 Å². The van der Waals surface area contributed by atoms with E-state index in [0.717, 1.165) is 30.0 Å². The van der Waals surface area contributed by atoms with Gasteiger partial charge in [-0.05, 0) is 45.7 Å². The van der Waals surface area contributed by atoms with Crippen molar-refractivity contribution in [1.82, 2.24) is 9.88 Å². The van der Waals surface area contributed by atoms with Gasteiger partial charge in [0, 0.05) is 18.8 Å². The maximum absolute atomic E-state index is 12.1. The third-order valence-corrected chi connectivity index (χ3v) is 3.08. The molecule has 3 nitrogen and oxygen atoms in total. The van der Waals surface area contributed by atoms with Crippen LogP contribution in [0, 0.1) is 20.8 Å². The molecule has 0 spiro atoms. The number of hydrogen-bond acceptors (Lipinski definition) is 1. The van der Waals surface area contributed by atoms with Gasteiger partial charge >= 0.3 is 0 Å². The number of carbonyl (C=O) groups is 1. The molecule has 1 aromatic heterocycles. The highest BCUT2D eigenvalue weighted by Gasteiger charge is 2.18. The molecule has 0 aromatic carbocycles. The molecular weight excluding hydrogens is 188 g/mol. The lowest BCUT2D eigenvalue weighted by Gasteiger charge is -2.18.